The molecular formula is C16H20F2N2O. The molecule has 0 aromatic heterocycles. The molecule has 4 atom stereocenters. The first-order valence-corrected chi connectivity index (χ1v) is 7.52. The third-order valence-corrected chi connectivity index (χ3v) is 4.74. The molecule has 1 amide bonds. The summed E-state index contributed by atoms with van der Waals surface area (Å²) in [5.74, 6) is -0.797. The highest BCUT2D eigenvalue weighted by atomic mass is 19.1. The van der Waals surface area contributed by atoms with E-state index in [1.807, 2.05) is 0 Å². The molecule has 3 rings (SSSR count). The first-order chi connectivity index (χ1) is 9.99. The average Bonchev–Trinajstić information content (AvgIpc) is 2.95. The van der Waals surface area contributed by atoms with Gasteiger partial charge in [0.05, 0.1) is 6.04 Å². The highest BCUT2D eigenvalue weighted by Crippen LogP contribution is 2.37. The van der Waals surface area contributed by atoms with E-state index in [1.165, 1.54) is 12.1 Å². The van der Waals surface area contributed by atoms with Gasteiger partial charge in [-0.05, 0) is 37.8 Å². The first-order valence-electron chi connectivity index (χ1n) is 7.52. The van der Waals surface area contributed by atoms with Gasteiger partial charge in [-0.25, -0.2) is 8.78 Å². The minimum atomic E-state index is -0.606. The van der Waals surface area contributed by atoms with Crippen molar-refractivity contribution >= 4 is 5.91 Å². The number of hydrogen-bond donors (Lipinski definition) is 1. The van der Waals surface area contributed by atoms with Crippen LogP contribution in [-0.4, -0.2) is 22.9 Å². The monoisotopic (exact) mass is 294 g/mol. The van der Waals surface area contributed by atoms with E-state index in [0.29, 0.717) is 11.5 Å². The van der Waals surface area contributed by atoms with Crippen LogP contribution in [0.1, 0.15) is 44.8 Å². The van der Waals surface area contributed by atoms with Crippen LogP contribution in [0.25, 0.3) is 0 Å². The Morgan fingerprint density at radius 1 is 1.24 bits per heavy atom. The Hall–Kier alpha value is -1.49. The number of amides is 1. The number of carbonyl (C=O) groups is 1. The van der Waals surface area contributed by atoms with Gasteiger partial charge in [0.25, 0.3) is 0 Å². The summed E-state index contributed by atoms with van der Waals surface area (Å²) in [6.45, 7) is 3.92. The van der Waals surface area contributed by atoms with Crippen molar-refractivity contribution in [2.75, 3.05) is 0 Å². The summed E-state index contributed by atoms with van der Waals surface area (Å²) in [5, 5.41) is 3.14. The predicted octanol–water partition coefficient (Wildman–Crippen LogP) is 2.97. The Kier molecular flexibility index (Phi) is 3.69. The highest BCUT2D eigenvalue weighted by Gasteiger charge is 2.44. The van der Waals surface area contributed by atoms with Gasteiger partial charge < -0.3 is 4.90 Å². The Morgan fingerprint density at radius 3 is 2.62 bits per heavy atom. The molecule has 114 valence electrons. The van der Waals surface area contributed by atoms with Crippen LogP contribution < -0.4 is 5.32 Å². The number of carbonyl (C=O) groups excluding carboxylic acids is 1. The van der Waals surface area contributed by atoms with Gasteiger partial charge in [0.1, 0.15) is 17.8 Å². The SMILES string of the molecule is CC1NC(c2ccc(F)cc2F)N(C2CCCC2C)C1=O. The zero-order valence-electron chi connectivity index (χ0n) is 12.3. The lowest BCUT2D eigenvalue weighted by atomic mass is 10.0. The second-order valence-electron chi connectivity index (χ2n) is 6.18. The number of benzene rings is 1. The number of hydrogen-bond acceptors (Lipinski definition) is 2. The van der Waals surface area contributed by atoms with E-state index < -0.39 is 17.8 Å². The van der Waals surface area contributed by atoms with Crippen LogP contribution >= 0.6 is 0 Å². The topological polar surface area (TPSA) is 32.3 Å². The van der Waals surface area contributed by atoms with E-state index >= 15 is 0 Å². The lowest BCUT2D eigenvalue weighted by Gasteiger charge is -2.33. The molecule has 2 fully saturated rings. The van der Waals surface area contributed by atoms with Crippen molar-refractivity contribution < 1.29 is 13.6 Å². The average molecular weight is 294 g/mol. The van der Waals surface area contributed by atoms with E-state index in [-0.39, 0.29) is 18.0 Å². The Labute approximate surface area is 123 Å². The summed E-state index contributed by atoms with van der Waals surface area (Å²) in [6, 6.07) is 3.34. The van der Waals surface area contributed by atoms with E-state index in [9.17, 15) is 13.6 Å². The second-order valence-corrected chi connectivity index (χ2v) is 6.18. The standard InChI is InChI=1S/C16H20F2N2O/c1-9-4-3-5-14(9)20-15(19-10(2)16(20)21)12-7-6-11(17)8-13(12)18/h6-10,14-15,19H,3-5H2,1-2H3. The summed E-state index contributed by atoms with van der Waals surface area (Å²) < 4.78 is 27.2. The van der Waals surface area contributed by atoms with Gasteiger partial charge in [0, 0.05) is 17.7 Å². The number of nitrogens with zero attached hydrogens (tertiary/aromatic N) is 1. The van der Waals surface area contributed by atoms with Crippen LogP contribution in [0.5, 0.6) is 0 Å². The minimum Gasteiger partial charge on any atom is -0.318 e. The number of halogens is 2. The van der Waals surface area contributed by atoms with Gasteiger partial charge >= 0.3 is 0 Å². The van der Waals surface area contributed by atoms with Crippen LogP contribution in [0.2, 0.25) is 0 Å². The second kappa shape index (κ2) is 5.37. The van der Waals surface area contributed by atoms with Gasteiger partial charge in [-0.3, -0.25) is 10.1 Å². The van der Waals surface area contributed by atoms with Crippen molar-refractivity contribution in [2.24, 2.45) is 5.92 Å². The third kappa shape index (κ3) is 2.44. The van der Waals surface area contributed by atoms with Crippen molar-refractivity contribution in [3.8, 4) is 0 Å². The maximum atomic E-state index is 14.1. The highest BCUT2D eigenvalue weighted by molar-refractivity contribution is 5.84. The Morgan fingerprint density at radius 2 is 2.00 bits per heavy atom. The zero-order chi connectivity index (χ0) is 15.1. The van der Waals surface area contributed by atoms with Crippen molar-refractivity contribution in [1.82, 2.24) is 10.2 Å². The number of nitrogens with one attached hydrogen (secondary N) is 1. The smallest absolute Gasteiger partial charge is 0.241 e. The molecule has 1 heterocycles. The molecule has 1 aliphatic carbocycles. The summed E-state index contributed by atoms with van der Waals surface area (Å²) in [6.07, 6.45) is 2.61. The van der Waals surface area contributed by atoms with Crippen LogP contribution in [0.15, 0.2) is 18.2 Å². The van der Waals surface area contributed by atoms with Crippen molar-refractivity contribution in [1.29, 1.82) is 0 Å². The quantitative estimate of drug-likeness (QED) is 0.909. The molecule has 1 aromatic carbocycles. The summed E-state index contributed by atoms with van der Waals surface area (Å²) in [4.78, 5) is 14.2. The fourth-order valence-corrected chi connectivity index (χ4v) is 3.60. The molecule has 1 N–H and O–H groups in total. The van der Waals surface area contributed by atoms with E-state index in [2.05, 4.69) is 12.2 Å². The molecule has 0 spiro atoms. The van der Waals surface area contributed by atoms with E-state index in [1.54, 1.807) is 11.8 Å². The lowest BCUT2D eigenvalue weighted by Crippen LogP contribution is -2.41. The maximum absolute atomic E-state index is 14.1. The molecule has 5 heteroatoms. The predicted molar refractivity (Wildman–Crippen MR) is 75.3 cm³/mol. The number of rotatable bonds is 2. The summed E-state index contributed by atoms with van der Waals surface area (Å²) in [5.41, 5.74) is 0.341. The molecule has 1 saturated carbocycles. The molecule has 0 bridgehead atoms. The van der Waals surface area contributed by atoms with Crippen LogP contribution in [0, 0.1) is 17.6 Å². The normalized spacial score (nSPS) is 33.0. The van der Waals surface area contributed by atoms with Gasteiger partial charge in [-0.1, -0.05) is 13.3 Å². The van der Waals surface area contributed by atoms with Crippen LogP contribution in [0.4, 0.5) is 8.78 Å². The van der Waals surface area contributed by atoms with Crippen LogP contribution in [-0.2, 0) is 4.79 Å². The molecule has 1 aliphatic heterocycles. The zero-order valence-corrected chi connectivity index (χ0v) is 12.3. The van der Waals surface area contributed by atoms with Crippen LogP contribution in [0.3, 0.4) is 0 Å². The molecule has 21 heavy (non-hydrogen) atoms. The van der Waals surface area contributed by atoms with E-state index in [0.717, 1.165) is 25.3 Å². The van der Waals surface area contributed by atoms with E-state index in [4.69, 9.17) is 0 Å². The molecule has 0 radical (unpaired) electrons. The summed E-state index contributed by atoms with van der Waals surface area (Å²) in [7, 11) is 0. The molecule has 4 unspecified atom stereocenters. The molecule has 1 aromatic rings. The third-order valence-electron chi connectivity index (χ3n) is 4.74. The lowest BCUT2D eigenvalue weighted by molar-refractivity contribution is -0.132. The van der Waals surface area contributed by atoms with Gasteiger partial charge in [0.15, 0.2) is 0 Å². The van der Waals surface area contributed by atoms with Gasteiger partial charge in [-0.2, -0.15) is 0 Å². The first kappa shape index (κ1) is 14.4. The largest absolute Gasteiger partial charge is 0.318 e. The fourth-order valence-electron chi connectivity index (χ4n) is 3.60. The fraction of sp³-hybridized carbons (Fsp3) is 0.562. The summed E-state index contributed by atoms with van der Waals surface area (Å²) >= 11 is 0. The molecule has 3 nitrogen and oxygen atoms in total. The molecule has 1 saturated heterocycles. The molecular weight excluding hydrogens is 274 g/mol. The van der Waals surface area contributed by atoms with Crippen molar-refractivity contribution in [2.45, 2.75) is 51.4 Å². The molecule has 2 aliphatic rings. The van der Waals surface area contributed by atoms with Gasteiger partial charge in [0.2, 0.25) is 5.91 Å². The Bertz CT molecular complexity index is 563. The van der Waals surface area contributed by atoms with Crippen molar-refractivity contribution in [3.05, 3.63) is 35.4 Å². The minimum absolute atomic E-state index is 0.00229. The Balaban J connectivity index is 1.97. The van der Waals surface area contributed by atoms with Crippen molar-refractivity contribution in [3.63, 3.8) is 0 Å². The maximum Gasteiger partial charge on any atom is 0.241 e. The van der Waals surface area contributed by atoms with Gasteiger partial charge in [-0.15, -0.1) is 0 Å².